The summed E-state index contributed by atoms with van der Waals surface area (Å²) in [5, 5.41) is 0. The van der Waals surface area contributed by atoms with Crippen molar-refractivity contribution in [3.8, 4) is 0 Å². The highest BCUT2D eigenvalue weighted by molar-refractivity contribution is 7.93. The zero-order chi connectivity index (χ0) is 18.7. The summed E-state index contributed by atoms with van der Waals surface area (Å²) in [6.45, 7) is 2.25. The number of para-hydroxylation sites is 1. The molecule has 0 spiro atoms. The fourth-order valence-electron chi connectivity index (χ4n) is 3.20. The number of hydrogen-bond acceptors (Lipinski definition) is 4. The van der Waals surface area contributed by atoms with Gasteiger partial charge in [-0.3, -0.25) is 0 Å². The molecule has 146 valence electrons. The molecule has 3 nitrogen and oxygen atoms in total. The van der Waals surface area contributed by atoms with Crippen LogP contribution in [0, 0.1) is 0 Å². The van der Waals surface area contributed by atoms with Crippen molar-refractivity contribution < 1.29 is 8.42 Å². The van der Waals surface area contributed by atoms with E-state index in [2.05, 4.69) is 11.9 Å². The van der Waals surface area contributed by atoms with Crippen LogP contribution in [0.15, 0.2) is 28.6 Å². The highest BCUT2D eigenvalue weighted by Crippen LogP contribution is 2.26. The Morgan fingerprint density at radius 2 is 1.35 bits per heavy atom. The maximum Gasteiger partial charge on any atom is 0.210 e. The lowest BCUT2D eigenvalue weighted by molar-refractivity contribution is 0.546. The third-order valence-corrected chi connectivity index (χ3v) is 8.10. The number of hydrogen-bond donors (Lipinski definition) is 0. The van der Waals surface area contributed by atoms with E-state index in [-0.39, 0.29) is 10.1 Å². The van der Waals surface area contributed by atoms with Gasteiger partial charge in [0.15, 0.2) is 0 Å². The van der Waals surface area contributed by atoms with Gasteiger partial charge >= 0.3 is 0 Å². The molecule has 2 rings (SSSR count). The van der Waals surface area contributed by atoms with Gasteiger partial charge < -0.3 is 0 Å². The number of benzene rings is 1. The number of sulfone groups is 1. The molecule has 0 aliphatic rings. The summed E-state index contributed by atoms with van der Waals surface area (Å²) in [6.07, 6.45) is 14.9. The molecule has 0 aliphatic heterocycles. The molecular weight excluding hydrogens is 362 g/mol. The van der Waals surface area contributed by atoms with Crippen molar-refractivity contribution in [3.05, 3.63) is 24.3 Å². The van der Waals surface area contributed by atoms with Crippen molar-refractivity contribution in [2.45, 2.75) is 88.3 Å². The molecular formula is C21H33NO2S2. The first-order valence-electron chi connectivity index (χ1n) is 10.2. The molecule has 0 bridgehead atoms. The van der Waals surface area contributed by atoms with Gasteiger partial charge in [0.2, 0.25) is 14.2 Å². The van der Waals surface area contributed by atoms with E-state index < -0.39 is 9.84 Å². The van der Waals surface area contributed by atoms with Gasteiger partial charge in [0.05, 0.1) is 16.0 Å². The topological polar surface area (TPSA) is 47.0 Å². The fourth-order valence-corrected chi connectivity index (χ4v) is 5.92. The Morgan fingerprint density at radius 3 is 1.92 bits per heavy atom. The molecule has 2 aromatic rings. The van der Waals surface area contributed by atoms with E-state index >= 15 is 0 Å². The van der Waals surface area contributed by atoms with Crippen LogP contribution < -0.4 is 0 Å². The lowest BCUT2D eigenvalue weighted by Crippen LogP contribution is -2.06. The third-order valence-electron chi connectivity index (χ3n) is 4.81. The molecule has 1 aromatic heterocycles. The SMILES string of the molecule is CCCCCCCCCCCCCCS(=O)(=O)c1nc2ccccc2s1. The number of thiazole rings is 1. The van der Waals surface area contributed by atoms with Crippen molar-refractivity contribution in [1.29, 1.82) is 0 Å². The fraction of sp³-hybridized carbons (Fsp3) is 0.667. The second kappa shape index (κ2) is 11.7. The molecule has 1 aromatic carbocycles. The zero-order valence-electron chi connectivity index (χ0n) is 16.1. The Kier molecular flexibility index (Phi) is 9.62. The van der Waals surface area contributed by atoms with Gasteiger partial charge in [0.1, 0.15) is 0 Å². The highest BCUT2D eigenvalue weighted by Gasteiger charge is 2.18. The molecule has 0 radical (unpaired) electrons. The first kappa shape index (κ1) is 21.4. The number of nitrogens with zero attached hydrogens (tertiary/aromatic N) is 1. The third kappa shape index (κ3) is 7.36. The van der Waals surface area contributed by atoms with Crippen molar-refractivity contribution in [1.82, 2.24) is 4.98 Å². The van der Waals surface area contributed by atoms with Gasteiger partial charge in [-0.1, -0.05) is 89.7 Å². The molecule has 0 saturated carbocycles. The lowest BCUT2D eigenvalue weighted by Gasteiger charge is -2.03. The summed E-state index contributed by atoms with van der Waals surface area (Å²) in [7, 11) is -3.23. The average Bonchev–Trinajstić information content (AvgIpc) is 3.08. The minimum absolute atomic E-state index is 0.226. The van der Waals surface area contributed by atoms with Crippen LogP contribution in [0.1, 0.15) is 84.0 Å². The average molecular weight is 396 g/mol. The van der Waals surface area contributed by atoms with Crippen LogP contribution >= 0.6 is 11.3 Å². The highest BCUT2D eigenvalue weighted by atomic mass is 32.2. The molecule has 0 aliphatic carbocycles. The summed E-state index contributed by atoms with van der Waals surface area (Å²) in [5.41, 5.74) is 0.783. The van der Waals surface area contributed by atoms with Crippen LogP contribution in [0.3, 0.4) is 0 Å². The van der Waals surface area contributed by atoms with Crippen LogP contribution in [0.2, 0.25) is 0 Å². The minimum Gasteiger partial charge on any atom is -0.225 e. The number of fused-ring (bicyclic) bond motifs is 1. The van der Waals surface area contributed by atoms with Crippen LogP contribution in [-0.2, 0) is 9.84 Å². The normalized spacial score (nSPS) is 12.0. The van der Waals surface area contributed by atoms with Gasteiger partial charge in [0.25, 0.3) is 0 Å². The van der Waals surface area contributed by atoms with Gasteiger partial charge in [-0.25, -0.2) is 13.4 Å². The van der Waals surface area contributed by atoms with Crippen LogP contribution in [0.5, 0.6) is 0 Å². The van der Waals surface area contributed by atoms with Crippen molar-refractivity contribution in [2.24, 2.45) is 0 Å². The van der Waals surface area contributed by atoms with Gasteiger partial charge in [-0.05, 0) is 18.6 Å². The molecule has 26 heavy (non-hydrogen) atoms. The molecule has 0 atom stereocenters. The summed E-state index contributed by atoms with van der Waals surface area (Å²) in [5.74, 6) is 0.226. The van der Waals surface area contributed by atoms with E-state index in [9.17, 15) is 8.42 Å². The molecule has 0 N–H and O–H groups in total. The Labute approximate surface area is 163 Å². The van der Waals surface area contributed by atoms with Gasteiger partial charge in [0, 0.05) is 0 Å². The summed E-state index contributed by atoms with van der Waals surface area (Å²) in [4.78, 5) is 4.29. The molecule has 0 fully saturated rings. The van der Waals surface area contributed by atoms with Crippen molar-refractivity contribution in [3.63, 3.8) is 0 Å². The van der Waals surface area contributed by atoms with E-state index in [0.29, 0.717) is 0 Å². The minimum atomic E-state index is -3.23. The van der Waals surface area contributed by atoms with E-state index in [4.69, 9.17) is 0 Å². The Balaban J connectivity index is 1.55. The standard InChI is InChI=1S/C21H33NO2S2/c1-2-3-4-5-6-7-8-9-10-11-12-15-18-26(23,24)21-22-19-16-13-14-17-20(19)25-21/h13-14,16-17H,2-12,15,18H2,1H3. The molecule has 0 amide bonds. The molecule has 0 saturated heterocycles. The molecule has 0 unspecified atom stereocenters. The Hall–Kier alpha value is -0.940. The summed E-state index contributed by atoms with van der Waals surface area (Å²) in [6, 6.07) is 7.61. The molecule has 5 heteroatoms. The first-order chi connectivity index (χ1) is 12.6. The Morgan fingerprint density at radius 1 is 0.808 bits per heavy atom. The van der Waals surface area contributed by atoms with Crippen molar-refractivity contribution in [2.75, 3.05) is 5.75 Å². The quantitative estimate of drug-likeness (QED) is 0.332. The maximum atomic E-state index is 12.4. The van der Waals surface area contributed by atoms with Gasteiger partial charge in [-0.15, -0.1) is 11.3 Å². The van der Waals surface area contributed by atoms with E-state index in [1.54, 1.807) is 0 Å². The maximum absolute atomic E-state index is 12.4. The largest absolute Gasteiger partial charge is 0.225 e. The zero-order valence-corrected chi connectivity index (χ0v) is 17.7. The smallest absolute Gasteiger partial charge is 0.210 e. The second-order valence-electron chi connectivity index (χ2n) is 7.16. The number of rotatable bonds is 14. The lowest BCUT2D eigenvalue weighted by atomic mass is 10.1. The predicted molar refractivity (Wildman–Crippen MR) is 113 cm³/mol. The predicted octanol–water partition coefficient (Wildman–Crippen LogP) is 6.77. The van der Waals surface area contributed by atoms with Crippen LogP contribution in [-0.4, -0.2) is 19.2 Å². The first-order valence-corrected chi connectivity index (χ1v) is 12.7. The van der Waals surface area contributed by atoms with Crippen LogP contribution in [0.4, 0.5) is 0 Å². The summed E-state index contributed by atoms with van der Waals surface area (Å²) < 4.78 is 26.1. The van der Waals surface area contributed by atoms with Gasteiger partial charge in [-0.2, -0.15) is 0 Å². The summed E-state index contributed by atoms with van der Waals surface area (Å²) >= 11 is 1.29. The van der Waals surface area contributed by atoms with E-state index in [1.165, 1.54) is 69.1 Å². The van der Waals surface area contributed by atoms with E-state index in [1.807, 2.05) is 24.3 Å². The number of aromatic nitrogens is 1. The molecule has 1 heterocycles. The van der Waals surface area contributed by atoms with E-state index in [0.717, 1.165) is 29.5 Å². The second-order valence-corrected chi connectivity index (χ2v) is 10.5. The Bertz CT molecular complexity index is 704. The van der Waals surface area contributed by atoms with Crippen molar-refractivity contribution >= 4 is 31.4 Å². The monoisotopic (exact) mass is 395 g/mol. The van der Waals surface area contributed by atoms with Crippen LogP contribution in [0.25, 0.3) is 10.2 Å². The number of unbranched alkanes of at least 4 members (excludes halogenated alkanes) is 11.